The zero-order valence-electron chi connectivity index (χ0n) is 13.8. The summed E-state index contributed by atoms with van der Waals surface area (Å²) in [6.45, 7) is 1.80. The number of ether oxygens (including phenoxy) is 1. The van der Waals surface area contributed by atoms with E-state index in [0.29, 0.717) is 31.9 Å². The summed E-state index contributed by atoms with van der Waals surface area (Å²) in [5.41, 5.74) is 0.621. The van der Waals surface area contributed by atoms with Crippen LogP contribution in [0.25, 0.3) is 0 Å². The molecule has 0 spiro atoms. The predicted molar refractivity (Wildman–Crippen MR) is 87.5 cm³/mol. The Morgan fingerprint density at radius 2 is 1.92 bits per heavy atom. The highest BCUT2D eigenvalue weighted by molar-refractivity contribution is 6.05. The molecule has 0 bridgehead atoms. The minimum atomic E-state index is -0.968. The second kappa shape index (κ2) is 7.62. The maximum Gasteiger partial charge on any atom is 0.324 e. The Kier molecular flexibility index (Phi) is 5.30. The van der Waals surface area contributed by atoms with Crippen molar-refractivity contribution in [1.82, 2.24) is 15.1 Å². The SMILES string of the molecule is O=C(CC1NC(=O)N(CC(O)c2ccccc2)C1=O)N1CCOCC1. The number of carbonyl (C=O) groups is 3. The van der Waals surface area contributed by atoms with E-state index in [4.69, 9.17) is 4.74 Å². The first kappa shape index (κ1) is 17.4. The van der Waals surface area contributed by atoms with E-state index in [1.54, 1.807) is 29.2 Å². The van der Waals surface area contributed by atoms with E-state index < -0.39 is 24.1 Å². The molecule has 0 saturated carbocycles. The second-order valence-electron chi connectivity index (χ2n) is 6.07. The first-order valence-corrected chi connectivity index (χ1v) is 8.26. The summed E-state index contributed by atoms with van der Waals surface area (Å²) in [5.74, 6) is -0.672. The van der Waals surface area contributed by atoms with Crippen LogP contribution in [0.2, 0.25) is 0 Å². The number of urea groups is 1. The number of morpholine rings is 1. The quantitative estimate of drug-likeness (QED) is 0.724. The van der Waals surface area contributed by atoms with E-state index in [1.807, 2.05) is 6.07 Å². The van der Waals surface area contributed by atoms with Gasteiger partial charge in [0.2, 0.25) is 5.91 Å². The van der Waals surface area contributed by atoms with Gasteiger partial charge in [-0.3, -0.25) is 14.5 Å². The van der Waals surface area contributed by atoms with Crippen LogP contribution in [0, 0.1) is 0 Å². The Labute approximate surface area is 145 Å². The van der Waals surface area contributed by atoms with Gasteiger partial charge in [0.05, 0.1) is 32.3 Å². The number of hydrogen-bond acceptors (Lipinski definition) is 5. The summed E-state index contributed by atoms with van der Waals surface area (Å²) in [7, 11) is 0. The van der Waals surface area contributed by atoms with Crippen molar-refractivity contribution in [3.63, 3.8) is 0 Å². The average Bonchev–Trinajstić information content (AvgIpc) is 2.90. The van der Waals surface area contributed by atoms with E-state index in [0.717, 1.165) is 4.90 Å². The third-order valence-electron chi connectivity index (χ3n) is 4.39. The normalized spacial score (nSPS) is 22.0. The monoisotopic (exact) mass is 347 g/mol. The molecular formula is C17H21N3O5. The van der Waals surface area contributed by atoms with Crippen molar-refractivity contribution in [2.45, 2.75) is 18.6 Å². The highest BCUT2D eigenvalue weighted by Crippen LogP contribution is 2.18. The van der Waals surface area contributed by atoms with Gasteiger partial charge in [0.25, 0.3) is 5.91 Å². The third-order valence-corrected chi connectivity index (χ3v) is 4.39. The summed E-state index contributed by atoms with van der Waals surface area (Å²) < 4.78 is 5.19. The van der Waals surface area contributed by atoms with Crippen LogP contribution < -0.4 is 5.32 Å². The first-order chi connectivity index (χ1) is 12.1. The summed E-state index contributed by atoms with van der Waals surface area (Å²) in [6.07, 6.45) is -1.05. The van der Waals surface area contributed by atoms with Gasteiger partial charge in [0.1, 0.15) is 6.04 Å². The summed E-state index contributed by atoms with van der Waals surface area (Å²) >= 11 is 0. The number of aliphatic hydroxyl groups excluding tert-OH is 1. The Morgan fingerprint density at radius 3 is 2.60 bits per heavy atom. The van der Waals surface area contributed by atoms with Gasteiger partial charge in [-0.05, 0) is 5.56 Å². The zero-order chi connectivity index (χ0) is 17.8. The number of nitrogens with one attached hydrogen (secondary N) is 1. The van der Waals surface area contributed by atoms with Gasteiger partial charge in [-0.15, -0.1) is 0 Å². The van der Waals surface area contributed by atoms with Crippen LogP contribution in [0.15, 0.2) is 30.3 Å². The molecule has 8 heteroatoms. The summed E-state index contributed by atoms with van der Waals surface area (Å²) in [6, 6.07) is 7.34. The molecule has 2 aliphatic rings. The van der Waals surface area contributed by atoms with Crippen LogP contribution in [0.1, 0.15) is 18.1 Å². The van der Waals surface area contributed by atoms with Gasteiger partial charge in [0, 0.05) is 13.1 Å². The van der Waals surface area contributed by atoms with Crippen molar-refractivity contribution in [2.75, 3.05) is 32.8 Å². The standard InChI is InChI=1S/C17H21N3O5/c21-14(12-4-2-1-3-5-12)11-20-16(23)13(18-17(20)24)10-15(22)19-6-8-25-9-7-19/h1-5,13-14,21H,6-11H2,(H,18,24). The smallest absolute Gasteiger partial charge is 0.324 e. The summed E-state index contributed by atoms with van der Waals surface area (Å²) in [4.78, 5) is 39.3. The topological polar surface area (TPSA) is 99.2 Å². The molecule has 2 saturated heterocycles. The number of hydrogen-bond donors (Lipinski definition) is 2. The van der Waals surface area contributed by atoms with E-state index in [2.05, 4.69) is 5.32 Å². The lowest BCUT2D eigenvalue weighted by atomic mass is 10.1. The predicted octanol–water partition coefficient (Wildman–Crippen LogP) is -0.111. The van der Waals surface area contributed by atoms with Crippen molar-refractivity contribution in [3.05, 3.63) is 35.9 Å². The molecule has 2 atom stereocenters. The molecule has 2 heterocycles. The van der Waals surface area contributed by atoms with Gasteiger partial charge in [-0.1, -0.05) is 30.3 Å². The van der Waals surface area contributed by atoms with Gasteiger partial charge in [-0.2, -0.15) is 0 Å². The maximum atomic E-state index is 12.4. The van der Waals surface area contributed by atoms with E-state index in [-0.39, 0.29) is 18.9 Å². The Balaban J connectivity index is 1.59. The van der Waals surface area contributed by atoms with Crippen LogP contribution >= 0.6 is 0 Å². The Morgan fingerprint density at radius 1 is 1.24 bits per heavy atom. The van der Waals surface area contributed by atoms with Gasteiger partial charge >= 0.3 is 6.03 Å². The van der Waals surface area contributed by atoms with Gasteiger partial charge < -0.3 is 20.1 Å². The lowest BCUT2D eigenvalue weighted by Crippen LogP contribution is -2.44. The average molecular weight is 347 g/mol. The van der Waals surface area contributed by atoms with Crippen LogP contribution in [-0.2, 0) is 14.3 Å². The van der Waals surface area contributed by atoms with Crippen LogP contribution in [0.4, 0.5) is 4.79 Å². The molecule has 2 unspecified atom stereocenters. The van der Waals surface area contributed by atoms with Crippen molar-refractivity contribution >= 4 is 17.8 Å². The third kappa shape index (κ3) is 3.97. The van der Waals surface area contributed by atoms with Crippen molar-refractivity contribution < 1.29 is 24.2 Å². The second-order valence-corrected chi connectivity index (χ2v) is 6.07. The molecule has 25 heavy (non-hydrogen) atoms. The molecule has 1 aromatic rings. The van der Waals surface area contributed by atoms with E-state index in [1.165, 1.54) is 0 Å². The van der Waals surface area contributed by atoms with Crippen molar-refractivity contribution in [3.8, 4) is 0 Å². The first-order valence-electron chi connectivity index (χ1n) is 8.26. The number of aliphatic hydroxyl groups is 1. The molecule has 2 aliphatic heterocycles. The molecule has 8 nitrogen and oxygen atoms in total. The number of benzene rings is 1. The molecule has 4 amide bonds. The fourth-order valence-electron chi connectivity index (χ4n) is 2.96. The summed E-state index contributed by atoms with van der Waals surface area (Å²) in [5, 5.41) is 12.8. The largest absolute Gasteiger partial charge is 0.387 e. The van der Waals surface area contributed by atoms with Crippen molar-refractivity contribution in [2.24, 2.45) is 0 Å². The molecule has 2 fully saturated rings. The highest BCUT2D eigenvalue weighted by Gasteiger charge is 2.40. The minimum Gasteiger partial charge on any atom is -0.387 e. The molecule has 0 aromatic heterocycles. The number of β-amino-alcohol motifs (C(OH)–C–C–N with tert-alkyl or cyclic N) is 1. The number of amides is 4. The molecule has 0 radical (unpaired) electrons. The molecule has 2 N–H and O–H groups in total. The lowest BCUT2D eigenvalue weighted by molar-refractivity contribution is -0.138. The van der Waals surface area contributed by atoms with Gasteiger partial charge in [-0.25, -0.2) is 4.79 Å². The molecule has 0 aliphatic carbocycles. The van der Waals surface area contributed by atoms with Crippen LogP contribution in [0.3, 0.4) is 0 Å². The molecule has 1 aromatic carbocycles. The van der Waals surface area contributed by atoms with Crippen LogP contribution in [0.5, 0.6) is 0 Å². The Bertz CT molecular complexity index is 645. The van der Waals surface area contributed by atoms with Gasteiger partial charge in [0.15, 0.2) is 0 Å². The minimum absolute atomic E-state index is 0.0808. The lowest BCUT2D eigenvalue weighted by Gasteiger charge is -2.27. The number of rotatable bonds is 5. The Hall–Kier alpha value is -2.45. The molecular weight excluding hydrogens is 326 g/mol. The molecule has 3 rings (SSSR count). The van der Waals surface area contributed by atoms with E-state index >= 15 is 0 Å². The highest BCUT2D eigenvalue weighted by atomic mass is 16.5. The van der Waals surface area contributed by atoms with Crippen molar-refractivity contribution in [1.29, 1.82) is 0 Å². The van der Waals surface area contributed by atoms with E-state index in [9.17, 15) is 19.5 Å². The number of nitrogens with zero attached hydrogens (tertiary/aromatic N) is 2. The molecule has 134 valence electrons. The number of imide groups is 1. The fourth-order valence-corrected chi connectivity index (χ4v) is 2.96. The number of carbonyl (C=O) groups excluding carboxylic acids is 3. The maximum absolute atomic E-state index is 12.4. The fraction of sp³-hybridized carbons (Fsp3) is 0.471. The zero-order valence-corrected chi connectivity index (χ0v) is 13.8. The van der Waals surface area contributed by atoms with Crippen LogP contribution in [-0.4, -0.2) is 71.6 Å².